The Morgan fingerprint density at radius 1 is 1.05 bits per heavy atom. The first-order valence-electron chi connectivity index (χ1n) is 14.8. The molecular formula is C33H36N8O2. The summed E-state index contributed by atoms with van der Waals surface area (Å²) in [5.41, 5.74) is 6.07. The minimum atomic E-state index is 0.0155. The van der Waals surface area contributed by atoms with Crippen molar-refractivity contribution in [3.63, 3.8) is 0 Å². The number of ether oxygens (including phenoxy) is 1. The minimum Gasteiger partial charge on any atom is -0.457 e. The molecule has 6 rings (SSSR count). The first-order valence-corrected chi connectivity index (χ1v) is 14.8. The van der Waals surface area contributed by atoms with Crippen LogP contribution in [0.1, 0.15) is 56.7 Å². The van der Waals surface area contributed by atoms with Crippen molar-refractivity contribution in [2.45, 2.75) is 64.5 Å². The molecule has 0 saturated carbocycles. The Bertz CT molecular complexity index is 1800. The second-order valence-corrected chi connectivity index (χ2v) is 11.1. The number of likely N-dealkylation sites (tertiary alicyclic amines) is 1. The Hall–Kier alpha value is -4.86. The number of carbonyl (C=O) groups excluding carboxylic acids is 1. The summed E-state index contributed by atoms with van der Waals surface area (Å²) in [5, 5.41) is 11.7. The zero-order valence-electron chi connectivity index (χ0n) is 25.0. The number of fused-ring (bicyclic) bond motifs is 2. The predicted octanol–water partition coefficient (Wildman–Crippen LogP) is 6.60. The number of carbonyl (C=O) groups is 1. The molecule has 3 aromatic heterocycles. The number of hydrogen-bond donors (Lipinski definition) is 1. The number of anilines is 2. The van der Waals surface area contributed by atoms with Gasteiger partial charge in [0.05, 0.1) is 11.0 Å². The smallest absolute Gasteiger partial charge is 0.246 e. The summed E-state index contributed by atoms with van der Waals surface area (Å²) in [7, 11) is 1.86. The van der Waals surface area contributed by atoms with Gasteiger partial charge in [-0.25, -0.2) is 19.6 Å². The highest BCUT2D eigenvalue weighted by atomic mass is 16.5. The molecule has 1 aliphatic heterocycles. The number of pyridine rings is 1. The normalized spacial score (nSPS) is 18.6. The molecule has 0 bridgehead atoms. The summed E-state index contributed by atoms with van der Waals surface area (Å²) < 4.78 is 7.91. The molecule has 1 N–H and O–H groups in total. The Labute approximate surface area is 250 Å². The maximum absolute atomic E-state index is 12.7. The van der Waals surface area contributed by atoms with E-state index < -0.39 is 0 Å². The van der Waals surface area contributed by atoms with Crippen molar-refractivity contribution in [2.24, 2.45) is 7.05 Å². The number of piperidine rings is 1. The molecule has 43 heavy (non-hydrogen) atoms. The minimum absolute atomic E-state index is 0.0155. The molecule has 2 aromatic carbocycles. The number of hydrogen-bond acceptors (Lipinski definition) is 8. The molecule has 1 amide bonds. The lowest BCUT2D eigenvalue weighted by atomic mass is 9.81. The van der Waals surface area contributed by atoms with E-state index in [4.69, 9.17) is 9.72 Å². The largest absolute Gasteiger partial charge is 0.457 e. The topological polar surface area (TPSA) is 111 Å². The van der Waals surface area contributed by atoms with Crippen LogP contribution in [0.4, 0.5) is 11.5 Å². The van der Waals surface area contributed by atoms with Gasteiger partial charge < -0.3 is 15.0 Å². The van der Waals surface area contributed by atoms with E-state index in [1.807, 2.05) is 61.3 Å². The highest BCUT2D eigenvalue weighted by Crippen LogP contribution is 2.38. The number of nitrogens with zero attached hydrogens (tertiary/aromatic N) is 7. The molecule has 220 valence electrons. The summed E-state index contributed by atoms with van der Waals surface area (Å²) in [6.07, 6.45) is 6.51. The van der Waals surface area contributed by atoms with Crippen LogP contribution in [0.2, 0.25) is 0 Å². The van der Waals surface area contributed by atoms with Crippen LogP contribution in [-0.4, -0.2) is 52.8 Å². The third kappa shape index (κ3) is 5.52. The van der Waals surface area contributed by atoms with Crippen molar-refractivity contribution in [3.05, 3.63) is 78.8 Å². The third-order valence-corrected chi connectivity index (χ3v) is 8.44. The number of aryl methyl sites for hydroxylation is 2. The standard InChI is InChI=1S/C33H36N8O2/c1-6-23-16-21(17-24(7-2)41(23)31(42)8-3)26-11-12-27-32(37-26)33(35-19-34-27)36-22-9-14-30(20(4)15-22)43-25-10-13-29-28(18-25)38-39-40(29)5/h8-15,18-19,21,23-24H,3,6-7,16-17H2,1-2,4-5H3,(H,34,35,36). The van der Waals surface area contributed by atoms with E-state index >= 15 is 0 Å². The van der Waals surface area contributed by atoms with Gasteiger partial charge in [0.15, 0.2) is 5.82 Å². The summed E-state index contributed by atoms with van der Waals surface area (Å²) in [6, 6.07) is 16.1. The first kappa shape index (κ1) is 28.3. The van der Waals surface area contributed by atoms with E-state index in [0.29, 0.717) is 11.6 Å². The molecule has 10 heteroatoms. The number of aromatic nitrogens is 6. The van der Waals surface area contributed by atoms with E-state index in [1.54, 1.807) is 11.0 Å². The molecule has 1 fully saturated rings. The molecule has 1 saturated heterocycles. The Morgan fingerprint density at radius 3 is 2.56 bits per heavy atom. The average molecular weight is 577 g/mol. The van der Waals surface area contributed by atoms with E-state index in [0.717, 1.165) is 70.4 Å². The predicted molar refractivity (Wildman–Crippen MR) is 168 cm³/mol. The van der Waals surface area contributed by atoms with Crippen LogP contribution in [0.25, 0.3) is 22.1 Å². The molecule has 1 aliphatic rings. The quantitative estimate of drug-likeness (QED) is 0.206. The maximum atomic E-state index is 12.7. The fourth-order valence-electron chi connectivity index (χ4n) is 6.18. The lowest BCUT2D eigenvalue weighted by Crippen LogP contribution is -2.50. The van der Waals surface area contributed by atoms with Crippen LogP contribution in [0, 0.1) is 6.92 Å². The van der Waals surface area contributed by atoms with Gasteiger partial charge in [0, 0.05) is 42.5 Å². The fraction of sp³-hybridized carbons (Fsp3) is 0.333. The molecule has 2 atom stereocenters. The molecule has 4 heterocycles. The van der Waals surface area contributed by atoms with Crippen LogP contribution in [-0.2, 0) is 11.8 Å². The van der Waals surface area contributed by atoms with Crippen LogP contribution in [0.5, 0.6) is 11.5 Å². The Balaban J connectivity index is 1.24. The van der Waals surface area contributed by atoms with E-state index in [2.05, 4.69) is 52.1 Å². The van der Waals surface area contributed by atoms with Gasteiger partial charge in [0.1, 0.15) is 28.9 Å². The fourth-order valence-corrected chi connectivity index (χ4v) is 6.18. The van der Waals surface area contributed by atoms with Gasteiger partial charge >= 0.3 is 0 Å². The summed E-state index contributed by atoms with van der Waals surface area (Å²) >= 11 is 0. The van der Waals surface area contributed by atoms with Gasteiger partial charge in [-0.15, -0.1) is 5.10 Å². The average Bonchev–Trinajstić information content (AvgIpc) is 3.40. The molecule has 10 nitrogen and oxygen atoms in total. The van der Waals surface area contributed by atoms with Crippen molar-refractivity contribution in [2.75, 3.05) is 5.32 Å². The Morgan fingerprint density at radius 2 is 1.84 bits per heavy atom. The SMILES string of the molecule is C=CC(=O)N1C(CC)CC(c2ccc3ncnc(Nc4ccc(Oc5ccc6c(c5)nnn6C)c(C)c4)c3n2)CC1CC. The van der Waals surface area contributed by atoms with Gasteiger partial charge in [-0.05, 0) is 86.7 Å². The zero-order valence-corrected chi connectivity index (χ0v) is 25.0. The zero-order chi connectivity index (χ0) is 30.1. The Kier molecular flexibility index (Phi) is 7.75. The monoisotopic (exact) mass is 576 g/mol. The molecule has 0 radical (unpaired) electrons. The second kappa shape index (κ2) is 11.8. The summed E-state index contributed by atoms with van der Waals surface area (Å²) in [5.74, 6) is 2.35. The lowest BCUT2D eigenvalue weighted by molar-refractivity contribution is -0.133. The molecule has 0 spiro atoms. The summed E-state index contributed by atoms with van der Waals surface area (Å²) in [6.45, 7) is 10.0. The summed E-state index contributed by atoms with van der Waals surface area (Å²) in [4.78, 5) is 28.8. The van der Waals surface area contributed by atoms with Crippen molar-refractivity contribution >= 4 is 39.5 Å². The van der Waals surface area contributed by atoms with E-state index in [9.17, 15) is 4.79 Å². The molecular weight excluding hydrogens is 540 g/mol. The van der Waals surface area contributed by atoms with Gasteiger partial charge in [0.2, 0.25) is 5.91 Å². The lowest BCUT2D eigenvalue weighted by Gasteiger charge is -2.44. The number of benzene rings is 2. The van der Waals surface area contributed by atoms with Gasteiger partial charge in [-0.1, -0.05) is 25.6 Å². The van der Waals surface area contributed by atoms with Gasteiger partial charge in [-0.3, -0.25) is 4.79 Å². The number of nitrogens with one attached hydrogen (secondary N) is 1. The van der Waals surface area contributed by atoms with E-state index in [1.165, 1.54) is 6.08 Å². The van der Waals surface area contributed by atoms with Gasteiger partial charge in [-0.2, -0.15) is 0 Å². The first-order chi connectivity index (χ1) is 20.9. The maximum Gasteiger partial charge on any atom is 0.246 e. The van der Waals surface area contributed by atoms with Crippen LogP contribution in [0.15, 0.2) is 67.5 Å². The third-order valence-electron chi connectivity index (χ3n) is 8.44. The molecule has 5 aromatic rings. The van der Waals surface area contributed by atoms with Crippen molar-refractivity contribution in [1.29, 1.82) is 0 Å². The van der Waals surface area contributed by atoms with Crippen molar-refractivity contribution < 1.29 is 9.53 Å². The van der Waals surface area contributed by atoms with E-state index in [-0.39, 0.29) is 23.9 Å². The van der Waals surface area contributed by atoms with Crippen molar-refractivity contribution in [1.82, 2.24) is 34.8 Å². The second-order valence-electron chi connectivity index (χ2n) is 11.1. The van der Waals surface area contributed by atoms with Crippen molar-refractivity contribution in [3.8, 4) is 11.5 Å². The van der Waals surface area contributed by atoms with Crippen LogP contribution < -0.4 is 10.1 Å². The molecule has 0 aliphatic carbocycles. The number of rotatable bonds is 8. The van der Waals surface area contributed by atoms with Crippen LogP contribution >= 0.6 is 0 Å². The van der Waals surface area contributed by atoms with Gasteiger partial charge in [0.25, 0.3) is 0 Å². The highest BCUT2D eigenvalue weighted by Gasteiger charge is 2.37. The van der Waals surface area contributed by atoms with Crippen LogP contribution in [0.3, 0.4) is 0 Å². The number of amides is 1. The highest BCUT2D eigenvalue weighted by molar-refractivity contribution is 5.88. The molecule has 2 unspecified atom stereocenters.